The summed E-state index contributed by atoms with van der Waals surface area (Å²) in [5.74, 6) is 1.60. The monoisotopic (exact) mass is 313 g/mol. The Hall–Kier alpha value is -2.56. The average molecular weight is 313 g/mol. The van der Waals surface area contributed by atoms with Crippen LogP contribution in [0.15, 0.2) is 53.6 Å². The SMILES string of the molecule is COc1ccc(C(Cc2ccc(F)cc2)C2=NNCCN2)cc1. The molecule has 0 aromatic heterocycles. The number of hydrogen-bond donors (Lipinski definition) is 2. The molecule has 5 heteroatoms. The Bertz CT molecular complexity index is 668. The van der Waals surface area contributed by atoms with Crippen molar-refractivity contribution in [2.24, 2.45) is 5.10 Å². The third kappa shape index (κ3) is 3.80. The topological polar surface area (TPSA) is 45.6 Å². The molecule has 2 aromatic carbocycles. The summed E-state index contributed by atoms with van der Waals surface area (Å²) in [6, 6.07) is 14.6. The summed E-state index contributed by atoms with van der Waals surface area (Å²) >= 11 is 0. The van der Waals surface area contributed by atoms with Crippen LogP contribution in [0.4, 0.5) is 4.39 Å². The maximum Gasteiger partial charge on any atom is 0.130 e. The highest BCUT2D eigenvalue weighted by molar-refractivity contribution is 5.89. The summed E-state index contributed by atoms with van der Waals surface area (Å²) in [7, 11) is 1.65. The van der Waals surface area contributed by atoms with Crippen molar-refractivity contribution < 1.29 is 9.13 Å². The molecule has 0 bridgehead atoms. The van der Waals surface area contributed by atoms with Crippen LogP contribution in [0.2, 0.25) is 0 Å². The Morgan fingerprint density at radius 1 is 1.09 bits per heavy atom. The first-order valence-corrected chi connectivity index (χ1v) is 7.69. The average Bonchev–Trinajstić information content (AvgIpc) is 2.62. The van der Waals surface area contributed by atoms with E-state index in [-0.39, 0.29) is 11.7 Å². The van der Waals surface area contributed by atoms with E-state index < -0.39 is 0 Å². The van der Waals surface area contributed by atoms with E-state index in [9.17, 15) is 4.39 Å². The van der Waals surface area contributed by atoms with Gasteiger partial charge in [0.15, 0.2) is 0 Å². The van der Waals surface area contributed by atoms with Gasteiger partial charge in [-0.05, 0) is 41.8 Å². The van der Waals surface area contributed by atoms with E-state index in [1.165, 1.54) is 12.1 Å². The summed E-state index contributed by atoms with van der Waals surface area (Å²) in [4.78, 5) is 0. The molecule has 1 unspecified atom stereocenters. The summed E-state index contributed by atoms with van der Waals surface area (Å²) in [6.45, 7) is 1.66. The van der Waals surface area contributed by atoms with Crippen LogP contribution in [0.3, 0.4) is 0 Å². The van der Waals surface area contributed by atoms with Gasteiger partial charge in [-0.25, -0.2) is 4.39 Å². The first-order chi connectivity index (χ1) is 11.3. The van der Waals surface area contributed by atoms with Crippen molar-refractivity contribution in [2.45, 2.75) is 12.3 Å². The molecule has 3 rings (SSSR count). The van der Waals surface area contributed by atoms with Crippen LogP contribution in [0, 0.1) is 5.82 Å². The van der Waals surface area contributed by atoms with Gasteiger partial charge in [0, 0.05) is 12.5 Å². The van der Waals surface area contributed by atoms with Crippen molar-refractivity contribution in [3.05, 3.63) is 65.5 Å². The summed E-state index contributed by atoms with van der Waals surface area (Å²) < 4.78 is 18.4. The molecule has 1 atom stereocenters. The van der Waals surface area contributed by atoms with Crippen LogP contribution in [0.5, 0.6) is 5.75 Å². The zero-order valence-electron chi connectivity index (χ0n) is 13.1. The lowest BCUT2D eigenvalue weighted by Crippen LogP contribution is -2.41. The van der Waals surface area contributed by atoms with Crippen LogP contribution >= 0.6 is 0 Å². The molecule has 0 amide bonds. The van der Waals surface area contributed by atoms with Gasteiger partial charge in [0.05, 0.1) is 13.7 Å². The molecule has 0 radical (unpaired) electrons. The minimum Gasteiger partial charge on any atom is -0.497 e. The molecule has 0 saturated heterocycles. The maximum absolute atomic E-state index is 13.1. The number of nitrogens with one attached hydrogen (secondary N) is 2. The van der Waals surface area contributed by atoms with Crippen molar-refractivity contribution in [1.82, 2.24) is 10.7 Å². The second-order valence-electron chi connectivity index (χ2n) is 5.49. The number of hydrogen-bond acceptors (Lipinski definition) is 4. The van der Waals surface area contributed by atoms with E-state index in [1.54, 1.807) is 7.11 Å². The van der Waals surface area contributed by atoms with E-state index >= 15 is 0 Å². The third-order valence-electron chi connectivity index (χ3n) is 3.94. The number of nitrogens with zero attached hydrogens (tertiary/aromatic N) is 1. The van der Waals surface area contributed by atoms with Crippen molar-refractivity contribution in [1.29, 1.82) is 0 Å². The summed E-state index contributed by atoms with van der Waals surface area (Å²) in [6.07, 6.45) is 0.750. The Labute approximate surface area is 135 Å². The lowest BCUT2D eigenvalue weighted by atomic mass is 9.90. The Morgan fingerprint density at radius 2 is 1.83 bits per heavy atom. The molecule has 1 heterocycles. The van der Waals surface area contributed by atoms with Gasteiger partial charge >= 0.3 is 0 Å². The van der Waals surface area contributed by atoms with E-state index in [0.717, 1.165) is 42.2 Å². The standard InChI is InChI=1S/C18H20FN3O/c1-23-16-8-4-14(5-9-16)17(18-20-10-11-21-22-18)12-13-2-6-15(19)7-3-13/h2-9,17,21H,10-12H2,1H3,(H,20,22). The molecule has 2 aromatic rings. The van der Waals surface area contributed by atoms with Crippen LogP contribution in [0.1, 0.15) is 17.0 Å². The lowest BCUT2D eigenvalue weighted by molar-refractivity contribution is 0.414. The van der Waals surface area contributed by atoms with E-state index in [4.69, 9.17) is 4.74 Å². The molecular weight excluding hydrogens is 293 g/mol. The minimum atomic E-state index is -0.218. The molecule has 23 heavy (non-hydrogen) atoms. The van der Waals surface area contributed by atoms with E-state index in [2.05, 4.69) is 15.8 Å². The highest BCUT2D eigenvalue weighted by Gasteiger charge is 2.21. The molecule has 1 aliphatic heterocycles. The van der Waals surface area contributed by atoms with Crippen LogP contribution in [0.25, 0.3) is 0 Å². The molecule has 4 nitrogen and oxygen atoms in total. The predicted molar refractivity (Wildman–Crippen MR) is 89.3 cm³/mol. The van der Waals surface area contributed by atoms with Crippen molar-refractivity contribution >= 4 is 5.84 Å². The number of methoxy groups -OCH3 is 1. The first kappa shape index (κ1) is 15.3. The fourth-order valence-electron chi connectivity index (χ4n) is 2.69. The molecule has 0 spiro atoms. The Balaban J connectivity index is 1.88. The van der Waals surface area contributed by atoms with Gasteiger partial charge < -0.3 is 15.5 Å². The fraction of sp³-hybridized carbons (Fsp3) is 0.278. The smallest absolute Gasteiger partial charge is 0.130 e. The highest BCUT2D eigenvalue weighted by Crippen LogP contribution is 2.25. The summed E-state index contributed by atoms with van der Waals surface area (Å²) in [5.41, 5.74) is 5.26. The number of rotatable bonds is 5. The van der Waals surface area contributed by atoms with Gasteiger partial charge in [0.2, 0.25) is 0 Å². The normalized spacial score (nSPS) is 15.1. The number of halogens is 1. The van der Waals surface area contributed by atoms with Crippen LogP contribution in [-0.4, -0.2) is 26.0 Å². The van der Waals surface area contributed by atoms with Gasteiger partial charge in [0.25, 0.3) is 0 Å². The Kier molecular flexibility index (Phi) is 4.76. The molecule has 0 saturated carbocycles. The fourth-order valence-corrected chi connectivity index (χ4v) is 2.69. The zero-order valence-corrected chi connectivity index (χ0v) is 13.1. The first-order valence-electron chi connectivity index (χ1n) is 7.69. The second kappa shape index (κ2) is 7.13. The predicted octanol–water partition coefficient (Wildman–Crippen LogP) is 2.67. The van der Waals surface area contributed by atoms with Crippen LogP contribution < -0.4 is 15.5 Å². The molecular formula is C18H20FN3O. The molecule has 2 N–H and O–H groups in total. The minimum absolute atomic E-state index is 0.0826. The Morgan fingerprint density at radius 3 is 2.43 bits per heavy atom. The number of amidine groups is 1. The van der Waals surface area contributed by atoms with Gasteiger partial charge in [-0.2, -0.15) is 5.10 Å². The van der Waals surface area contributed by atoms with Crippen molar-refractivity contribution in [3.63, 3.8) is 0 Å². The van der Waals surface area contributed by atoms with Gasteiger partial charge in [-0.3, -0.25) is 0 Å². The van der Waals surface area contributed by atoms with Crippen molar-refractivity contribution in [3.8, 4) is 5.75 Å². The van der Waals surface area contributed by atoms with E-state index in [0.29, 0.717) is 0 Å². The molecule has 0 aliphatic carbocycles. The third-order valence-corrected chi connectivity index (χ3v) is 3.94. The lowest BCUT2D eigenvalue weighted by Gasteiger charge is -2.24. The van der Waals surface area contributed by atoms with Gasteiger partial charge in [-0.15, -0.1) is 0 Å². The quantitative estimate of drug-likeness (QED) is 0.892. The maximum atomic E-state index is 13.1. The molecule has 0 fully saturated rings. The highest BCUT2D eigenvalue weighted by atomic mass is 19.1. The van der Waals surface area contributed by atoms with E-state index in [1.807, 2.05) is 36.4 Å². The van der Waals surface area contributed by atoms with Gasteiger partial charge in [0.1, 0.15) is 17.4 Å². The summed E-state index contributed by atoms with van der Waals surface area (Å²) in [5, 5.41) is 7.77. The zero-order chi connectivity index (χ0) is 16.1. The van der Waals surface area contributed by atoms with Crippen molar-refractivity contribution in [2.75, 3.05) is 20.2 Å². The number of benzene rings is 2. The number of ether oxygens (including phenoxy) is 1. The van der Waals surface area contributed by atoms with Gasteiger partial charge in [-0.1, -0.05) is 24.3 Å². The second-order valence-corrected chi connectivity index (χ2v) is 5.49. The largest absolute Gasteiger partial charge is 0.497 e. The molecule has 1 aliphatic rings. The number of hydrazone groups is 1. The molecule has 120 valence electrons. The van der Waals surface area contributed by atoms with Crippen LogP contribution in [-0.2, 0) is 6.42 Å².